The molecule has 0 saturated carbocycles. The molecule has 0 amide bonds. The smallest absolute Gasteiger partial charge is 0.211 e. The molecule has 1 aromatic heterocycles. The SMILES string of the molecule is CC(C)(C)c1n[c]nc(C(F)F)n1. The van der Waals surface area contributed by atoms with E-state index in [9.17, 15) is 8.78 Å². The number of nitrogens with zero attached hydrogens (tertiary/aromatic N) is 3. The van der Waals surface area contributed by atoms with Gasteiger partial charge in [0.15, 0.2) is 5.82 Å². The normalized spacial score (nSPS) is 12.2. The van der Waals surface area contributed by atoms with Crippen LogP contribution in [0.15, 0.2) is 0 Å². The molecule has 1 aromatic rings. The molecule has 0 aromatic carbocycles. The van der Waals surface area contributed by atoms with Crippen molar-refractivity contribution in [2.75, 3.05) is 0 Å². The molecule has 0 saturated heterocycles. The van der Waals surface area contributed by atoms with E-state index in [1.165, 1.54) is 0 Å². The van der Waals surface area contributed by atoms with Gasteiger partial charge in [-0.3, -0.25) is 0 Å². The molecule has 0 spiro atoms. The molecule has 1 rings (SSSR count). The van der Waals surface area contributed by atoms with Crippen molar-refractivity contribution in [3.63, 3.8) is 0 Å². The molecule has 0 atom stereocenters. The Labute approximate surface area is 75.2 Å². The lowest BCUT2D eigenvalue weighted by atomic mass is 9.96. The van der Waals surface area contributed by atoms with Crippen LogP contribution in [0.25, 0.3) is 0 Å². The van der Waals surface area contributed by atoms with E-state index < -0.39 is 12.2 Å². The van der Waals surface area contributed by atoms with Crippen LogP contribution in [0.5, 0.6) is 0 Å². The molecule has 3 nitrogen and oxygen atoms in total. The molecule has 71 valence electrons. The van der Waals surface area contributed by atoms with Gasteiger partial charge in [-0.1, -0.05) is 20.8 Å². The molecule has 0 unspecified atom stereocenters. The second kappa shape index (κ2) is 3.32. The Balaban J connectivity index is 3.06. The van der Waals surface area contributed by atoms with E-state index in [-0.39, 0.29) is 5.41 Å². The number of alkyl halides is 2. The van der Waals surface area contributed by atoms with Crippen LogP contribution in [-0.2, 0) is 5.41 Å². The van der Waals surface area contributed by atoms with Crippen molar-refractivity contribution >= 4 is 0 Å². The van der Waals surface area contributed by atoms with Gasteiger partial charge in [-0.05, 0) is 0 Å². The maximum absolute atomic E-state index is 12.2. The van der Waals surface area contributed by atoms with E-state index in [2.05, 4.69) is 21.3 Å². The van der Waals surface area contributed by atoms with Gasteiger partial charge in [-0.25, -0.2) is 23.7 Å². The van der Waals surface area contributed by atoms with Crippen LogP contribution in [0.3, 0.4) is 0 Å². The topological polar surface area (TPSA) is 38.7 Å². The third-order valence-electron chi connectivity index (χ3n) is 1.41. The summed E-state index contributed by atoms with van der Waals surface area (Å²) in [6.45, 7) is 5.52. The van der Waals surface area contributed by atoms with Gasteiger partial charge in [0.2, 0.25) is 6.33 Å². The second-order valence-corrected chi connectivity index (χ2v) is 3.67. The molecule has 0 fully saturated rings. The first-order valence-electron chi connectivity index (χ1n) is 3.82. The highest BCUT2D eigenvalue weighted by molar-refractivity contribution is 5.02. The van der Waals surface area contributed by atoms with E-state index in [0.717, 1.165) is 0 Å². The fraction of sp³-hybridized carbons (Fsp3) is 0.625. The summed E-state index contributed by atoms with van der Waals surface area (Å²) in [6, 6.07) is 0. The van der Waals surface area contributed by atoms with E-state index in [1.54, 1.807) is 0 Å². The van der Waals surface area contributed by atoms with Crippen molar-refractivity contribution in [3.8, 4) is 0 Å². The second-order valence-electron chi connectivity index (χ2n) is 3.67. The predicted molar refractivity (Wildman–Crippen MR) is 42.3 cm³/mol. The molecule has 0 aliphatic carbocycles. The Kier molecular flexibility index (Phi) is 2.54. The molecule has 0 aliphatic rings. The zero-order valence-corrected chi connectivity index (χ0v) is 7.67. The summed E-state index contributed by atoms with van der Waals surface area (Å²) in [5, 5.41) is 0. The summed E-state index contributed by atoms with van der Waals surface area (Å²) in [6.07, 6.45) is -0.491. The van der Waals surface area contributed by atoms with Gasteiger partial charge in [-0.15, -0.1) is 0 Å². The van der Waals surface area contributed by atoms with Crippen molar-refractivity contribution < 1.29 is 8.78 Å². The van der Waals surface area contributed by atoms with Crippen LogP contribution in [0.2, 0.25) is 0 Å². The lowest BCUT2D eigenvalue weighted by Crippen LogP contribution is -2.17. The summed E-state index contributed by atoms with van der Waals surface area (Å²) >= 11 is 0. The average Bonchev–Trinajstić information content (AvgIpc) is 2.03. The minimum atomic E-state index is -2.67. The lowest BCUT2D eigenvalue weighted by molar-refractivity contribution is 0.139. The Morgan fingerprint density at radius 1 is 1.23 bits per heavy atom. The maximum atomic E-state index is 12.2. The summed E-state index contributed by atoms with van der Waals surface area (Å²) in [7, 11) is 0. The third-order valence-corrected chi connectivity index (χ3v) is 1.41. The zero-order valence-electron chi connectivity index (χ0n) is 7.67. The number of rotatable bonds is 1. The first kappa shape index (κ1) is 9.95. The van der Waals surface area contributed by atoms with Crippen LogP contribution in [0.1, 0.15) is 38.8 Å². The van der Waals surface area contributed by atoms with Crippen LogP contribution in [0, 0.1) is 6.33 Å². The summed E-state index contributed by atoms with van der Waals surface area (Å²) < 4.78 is 24.3. The largest absolute Gasteiger partial charge is 0.297 e. The Morgan fingerprint density at radius 2 is 1.85 bits per heavy atom. The average molecular weight is 186 g/mol. The first-order chi connectivity index (χ1) is 5.91. The van der Waals surface area contributed by atoms with Gasteiger partial charge < -0.3 is 0 Å². The molecule has 0 aliphatic heterocycles. The lowest BCUT2D eigenvalue weighted by Gasteiger charge is -2.15. The van der Waals surface area contributed by atoms with Crippen molar-refractivity contribution in [1.82, 2.24) is 15.0 Å². The molecule has 0 N–H and O–H groups in total. The van der Waals surface area contributed by atoms with Gasteiger partial charge in [0.05, 0.1) is 0 Å². The van der Waals surface area contributed by atoms with Crippen molar-refractivity contribution in [2.45, 2.75) is 32.6 Å². The Morgan fingerprint density at radius 3 is 2.31 bits per heavy atom. The fourth-order valence-electron chi connectivity index (χ4n) is 0.715. The Hall–Kier alpha value is -1.13. The quantitative estimate of drug-likeness (QED) is 0.672. The van der Waals surface area contributed by atoms with Crippen LogP contribution >= 0.6 is 0 Å². The van der Waals surface area contributed by atoms with E-state index in [4.69, 9.17) is 0 Å². The summed E-state index contributed by atoms with van der Waals surface area (Å²) in [5.41, 5.74) is -0.358. The van der Waals surface area contributed by atoms with Gasteiger partial charge >= 0.3 is 0 Å². The first-order valence-corrected chi connectivity index (χ1v) is 3.82. The highest BCUT2D eigenvalue weighted by atomic mass is 19.3. The van der Waals surface area contributed by atoms with Crippen LogP contribution < -0.4 is 0 Å². The van der Waals surface area contributed by atoms with Gasteiger partial charge in [0.1, 0.15) is 5.82 Å². The van der Waals surface area contributed by atoms with Gasteiger partial charge in [0, 0.05) is 5.41 Å². The number of halogens is 2. The summed E-state index contributed by atoms with van der Waals surface area (Å²) in [4.78, 5) is 10.6. The van der Waals surface area contributed by atoms with Crippen molar-refractivity contribution in [3.05, 3.63) is 18.0 Å². The minimum Gasteiger partial charge on any atom is -0.211 e. The molecule has 1 radical (unpaired) electrons. The predicted octanol–water partition coefficient (Wildman–Crippen LogP) is 1.91. The van der Waals surface area contributed by atoms with Crippen molar-refractivity contribution in [2.24, 2.45) is 0 Å². The molecular formula is C8H10F2N3. The molecule has 1 heterocycles. The monoisotopic (exact) mass is 186 g/mol. The van der Waals surface area contributed by atoms with E-state index >= 15 is 0 Å². The molecule has 5 heteroatoms. The molecule has 13 heavy (non-hydrogen) atoms. The Bertz CT molecular complexity index is 294. The standard InChI is InChI=1S/C8H10F2N3/c1-8(2,3)7-12-4-11-6(13-7)5(9)10/h5H,1-3H3. The summed E-state index contributed by atoms with van der Waals surface area (Å²) in [5.74, 6) is -0.183. The third kappa shape index (κ3) is 2.40. The van der Waals surface area contributed by atoms with Gasteiger partial charge in [0.25, 0.3) is 6.43 Å². The number of hydrogen-bond donors (Lipinski definition) is 0. The van der Waals surface area contributed by atoms with E-state index in [1.807, 2.05) is 20.8 Å². The number of hydrogen-bond acceptors (Lipinski definition) is 3. The van der Waals surface area contributed by atoms with Crippen LogP contribution in [-0.4, -0.2) is 15.0 Å². The van der Waals surface area contributed by atoms with Gasteiger partial charge in [-0.2, -0.15) is 0 Å². The highest BCUT2D eigenvalue weighted by Crippen LogP contribution is 2.19. The fourth-order valence-corrected chi connectivity index (χ4v) is 0.715. The highest BCUT2D eigenvalue weighted by Gasteiger charge is 2.20. The maximum Gasteiger partial charge on any atom is 0.297 e. The van der Waals surface area contributed by atoms with Crippen LogP contribution in [0.4, 0.5) is 8.78 Å². The molecule has 0 bridgehead atoms. The minimum absolute atomic E-state index is 0.331. The number of aromatic nitrogens is 3. The van der Waals surface area contributed by atoms with E-state index in [0.29, 0.717) is 5.82 Å². The molecular weight excluding hydrogens is 176 g/mol. The van der Waals surface area contributed by atoms with Crippen molar-refractivity contribution in [1.29, 1.82) is 0 Å². The zero-order chi connectivity index (χ0) is 10.1.